The summed E-state index contributed by atoms with van der Waals surface area (Å²) in [7, 11) is 1.44. The van der Waals surface area contributed by atoms with E-state index < -0.39 is 0 Å². The van der Waals surface area contributed by atoms with Gasteiger partial charge in [0.05, 0.1) is 5.91 Å². The molecule has 0 aromatic rings. The predicted octanol–water partition coefficient (Wildman–Crippen LogP) is -0.268. The van der Waals surface area contributed by atoms with Crippen molar-refractivity contribution in [2.45, 2.75) is 6.92 Å². The average Bonchev–Trinajstić information content (AvgIpc) is 1.98. The van der Waals surface area contributed by atoms with Crippen molar-refractivity contribution in [2.24, 2.45) is 0 Å². The second kappa shape index (κ2) is 3.40. The summed E-state index contributed by atoms with van der Waals surface area (Å²) < 4.78 is 0. The van der Waals surface area contributed by atoms with Gasteiger partial charge >= 0.3 is 0 Å². The largest absolute Gasteiger partial charge is 0.383 e. The molecule has 0 aromatic carbocycles. The van der Waals surface area contributed by atoms with Gasteiger partial charge < -0.3 is 9.69 Å². The van der Waals surface area contributed by atoms with Gasteiger partial charge in [-0.3, -0.25) is 4.79 Å². The summed E-state index contributed by atoms with van der Waals surface area (Å²) in [6.45, 7) is 1.57. The molecule has 4 heteroatoms. The van der Waals surface area contributed by atoms with E-state index in [1.807, 2.05) is 0 Å². The Balaban J connectivity index is 0.000000810. The summed E-state index contributed by atoms with van der Waals surface area (Å²) in [5, 5.41) is 0. The summed E-state index contributed by atoms with van der Waals surface area (Å²) in [6, 6.07) is 0. The van der Waals surface area contributed by atoms with Crippen LogP contribution in [-0.4, -0.2) is 23.8 Å². The molecule has 0 saturated carbocycles. The molecule has 1 aliphatic rings. The second-order valence-corrected chi connectivity index (χ2v) is 1.92. The van der Waals surface area contributed by atoms with Gasteiger partial charge in [0.2, 0.25) is 0 Å². The molecule has 0 saturated heterocycles. The summed E-state index contributed by atoms with van der Waals surface area (Å²) in [4.78, 5) is 22.3. The van der Waals surface area contributed by atoms with E-state index in [2.05, 4.69) is 6.08 Å². The quantitative estimate of drug-likeness (QED) is 0.410. The molecule has 2 amide bonds. The van der Waals surface area contributed by atoms with Crippen molar-refractivity contribution in [1.82, 2.24) is 4.90 Å². The summed E-state index contributed by atoms with van der Waals surface area (Å²) in [5.41, 5.74) is 0.391. The van der Waals surface area contributed by atoms with E-state index in [0.717, 1.165) is 4.90 Å². The SMILES string of the molecule is CC1=[C-]C(=O)N(C)C1=O.[Y]. The summed E-state index contributed by atoms with van der Waals surface area (Å²) >= 11 is 0. The predicted molar refractivity (Wildman–Crippen MR) is 30.2 cm³/mol. The van der Waals surface area contributed by atoms with Gasteiger partial charge in [-0.05, 0) is 7.05 Å². The number of likely N-dealkylation sites (N-methyl/N-ethyl adjacent to an activating group) is 1. The number of nitrogens with zero attached hydrogens (tertiary/aromatic N) is 1. The number of carbonyl (C=O) groups excluding carboxylic acids is 2. The van der Waals surface area contributed by atoms with Crippen LogP contribution in [0.3, 0.4) is 0 Å². The van der Waals surface area contributed by atoms with Crippen LogP contribution in [0, 0.1) is 6.08 Å². The first kappa shape index (κ1) is 9.98. The van der Waals surface area contributed by atoms with Crippen molar-refractivity contribution in [3.05, 3.63) is 11.6 Å². The average molecular weight is 213 g/mol. The maximum atomic E-state index is 10.7. The fourth-order valence-electron chi connectivity index (χ4n) is 0.642. The van der Waals surface area contributed by atoms with Crippen LogP contribution in [0.4, 0.5) is 0 Å². The normalized spacial score (nSPS) is 17.0. The van der Waals surface area contributed by atoms with Crippen molar-refractivity contribution < 1.29 is 42.3 Å². The van der Waals surface area contributed by atoms with Crippen LogP contribution in [0.5, 0.6) is 0 Å². The maximum absolute atomic E-state index is 10.7. The van der Waals surface area contributed by atoms with Crippen molar-refractivity contribution >= 4 is 11.8 Å². The van der Waals surface area contributed by atoms with Gasteiger partial charge in [-0.25, -0.2) is 0 Å². The molecule has 1 radical (unpaired) electrons. The number of hydrogen-bond acceptors (Lipinski definition) is 2. The van der Waals surface area contributed by atoms with Gasteiger partial charge in [0.25, 0.3) is 0 Å². The molecule has 51 valence electrons. The molecule has 3 nitrogen and oxygen atoms in total. The summed E-state index contributed by atoms with van der Waals surface area (Å²) in [6.07, 6.45) is 2.37. The Morgan fingerprint density at radius 2 is 1.90 bits per heavy atom. The minimum absolute atomic E-state index is 0. The van der Waals surface area contributed by atoms with Crippen LogP contribution in [-0.2, 0) is 42.3 Å². The third kappa shape index (κ3) is 1.52. The molecular weight excluding hydrogens is 207 g/mol. The van der Waals surface area contributed by atoms with Crippen molar-refractivity contribution in [3.8, 4) is 0 Å². The zero-order valence-corrected chi connectivity index (χ0v) is 8.68. The van der Waals surface area contributed by atoms with Crippen molar-refractivity contribution in [1.29, 1.82) is 0 Å². The Morgan fingerprint density at radius 1 is 1.40 bits per heavy atom. The molecule has 0 aliphatic carbocycles. The summed E-state index contributed by atoms with van der Waals surface area (Å²) in [5.74, 6) is -0.600. The van der Waals surface area contributed by atoms with Gasteiger partial charge in [-0.1, -0.05) is 6.92 Å². The molecule has 0 spiro atoms. The van der Waals surface area contributed by atoms with E-state index in [9.17, 15) is 9.59 Å². The minimum Gasteiger partial charge on any atom is -0.383 e. The number of carbonyl (C=O) groups is 2. The molecular formula is C6H6NO2Y-. The van der Waals surface area contributed by atoms with E-state index in [1.54, 1.807) is 6.92 Å². The molecule has 0 N–H and O–H groups in total. The molecule has 0 unspecified atom stereocenters. The standard InChI is InChI=1S/C6H6NO2.Y/c1-4-3-5(8)7(2)6(4)9;/h1-2H3;/q-1;. The second-order valence-electron chi connectivity index (χ2n) is 1.92. The van der Waals surface area contributed by atoms with Crippen molar-refractivity contribution in [3.63, 3.8) is 0 Å². The molecule has 1 heterocycles. The molecule has 1 rings (SSSR count). The van der Waals surface area contributed by atoms with E-state index in [4.69, 9.17) is 0 Å². The van der Waals surface area contributed by atoms with Gasteiger partial charge in [0, 0.05) is 32.7 Å². The third-order valence-electron chi connectivity index (χ3n) is 1.22. The number of amides is 2. The molecule has 0 aromatic heterocycles. The third-order valence-corrected chi connectivity index (χ3v) is 1.22. The Labute approximate surface area is 84.3 Å². The van der Waals surface area contributed by atoms with Crippen LogP contribution in [0.25, 0.3) is 0 Å². The molecule has 0 atom stereocenters. The van der Waals surface area contributed by atoms with Gasteiger partial charge in [-0.15, -0.1) is 0 Å². The Hall–Kier alpha value is -0.0161. The fourth-order valence-corrected chi connectivity index (χ4v) is 0.642. The van der Waals surface area contributed by atoms with E-state index in [0.29, 0.717) is 5.57 Å². The van der Waals surface area contributed by atoms with E-state index in [-0.39, 0.29) is 44.5 Å². The molecule has 10 heavy (non-hydrogen) atoms. The molecule has 1 aliphatic heterocycles. The van der Waals surface area contributed by atoms with Crippen LogP contribution in [0.1, 0.15) is 6.92 Å². The Kier molecular flexibility index (Phi) is 3.39. The van der Waals surface area contributed by atoms with E-state index >= 15 is 0 Å². The number of imide groups is 1. The van der Waals surface area contributed by atoms with Crippen LogP contribution < -0.4 is 0 Å². The first-order valence-electron chi connectivity index (χ1n) is 2.55. The van der Waals surface area contributed by atoms with E-state index in [1.165, 1.54) is 7.05 Å². The van der Waals surface area contributed by atoms with Crippen LogP contribution in [0.2, 0.25) is 0 Å². The zero-order chi connectivity index (χ0) is 7.02. The zero-order valence-electron chi connectivity index (χ0n) is 5.84. The van der Waals surface area contributed by atoms with Crippen LogP contribution >= 0.6 is 0 Å². The first-order valence-corrected chi connectivity index (χ1v) is 2.55. The Bertz CT molecular complexity index is 210. The maximum Gasteiger partial charge on any atom is 0.146 e. The monoisotopic (exact) mass is 213 g/mol. The topological polar surface area (TPSA) is 37.4 Å². The van der Waals surface area contributed by atoms with Crippen molar-refractivity contribution in [2.75, 3.05) is 7.05 Å². The first-order chi connectivity index (χ1) is 4.13. The fraction of sp³-hybridized carbons (Fsp3) is 0.333. The van der Waals surface area contributed by atoms with Gasteiger partial charge in [0.15, 0.2) is 0 Å². The number of rotatable bonds is 0. The molecule has 0 fully saturated rings. The molecule has 0 bridgehead atoms. The number of hydrogen-bond donors (Lipinski definition) is 0. The van der Waals surface area contributed by atoms with Gasteiger partial charge in [0.1, 0.15) is 5.91 Å². The van der Waals surface area contributed by atoms with Crippen LogP contribution in [0.15, 0.2) is 5.57 Å². The minimum atomic E-state index is -0.350. The van der Waals surface area contributed by atoms with Gasteiger partial charge in [-0.2, -0.15) is 11.6 Å². The smallest absolute Gasteiger partial charge is 0.146 e. The Morgan fingerprint density at radius 3 is 2.00 bits per heavy atom.